The normalized spacial score (nSPS) is 19.1. The Bertz CT molecular complexity index is 1770. The monoisotopic (exact) mass is 679 g/mol. The molecule has 0 aliphatic carbocycles. The summed E-state index contributed by atoms with van der Waals surface area (Å²) in [5.41, 5.74) is 2.94. The van der Waals surface area contributed by atoms with Crippen molar-refractivity contribution in [2.75, 3.05) is 23.4 Å². The molecule has 3 aromatic carbocycles. The highest BCUT2D eigenvalue weighted by Gasteiger charge is 2.56. The average molecular weight is 681 g/mol. The Balaban J connectivity index is 1.31. The maximum absolute atomic E-state index is 14.0. The smallest absolute Gasteiger partial charge is 0.305 e. The predicted octanol–water partition coefficient (Wildman–Crippen LogP) is 5.72. The lowest BCUT2D eigenvalue weighted by molar-refractivity contribution is -0.122. The second-order valence-corrected chi connectivity index (χ2v) is 13.2. The zero-order chi connectivity index (χ0) is 30.2. The second kappa shape index (κ2) is 12.0. The number of hydrogen-bond donors (Lipinski definition) is 2. The highest BCUT2D eigenvalue weighted by molar-refractivity contribution is 9.10. The minimum Gasteiger partial charge on any atom is -0.490 e. The molecule has 2 aliphatic heterocycles. The third-order valence-electron chi connectivity index (χ3n) is 7.23. The number of aromatic nitrogens is 1. The minimum absolute atomic E-state index is 0.239. The average Bonchev–Trinajstić information content (AvgIpc) is 3.48. The van der Waals surface area contributed by atoms with E-state index in [4.69, 9.17) is 9.47 Å². The van der Waals surface area contributed by atoms with Crippen molar-refractivity contribution in [2.45, 2.75) is 30.0 Å². The Hall–Kier alpha value is -3.87. The lowest BCUT2D eigenvalue weighted by Crippen LogP contribution is -2.32. The van der Waals surface area contributed by atoms with Gasteiger partial charge >= 0.3 is 4.87 Å². The number of aromatic amines is 1. The Kier molecular flexibility index (Phi) is 8.17. The number of thiazole rings is 1. The summed E-state index contributed by atoms with van der Waals surface area (Å²) in [5, 5.41) is 2.68. The number of nitrogens with zero attached hydrogens (tertiary/aromatic N) is 1. The van der Waals surface area contributed by atoms with Gasteiger partial charge in [0.2, 0.25) is 11.8 Å². The van der Waals surface area contributed by atoms with E-state index in [1.165, 1.54) is 16.7 Å². The molecular formula is C31H26BrN3O6S2. The summed E-state index contributed by atoms with van der Waals surface area (Å²) in [4.78, 5) is 57.1. The van der Waals surface area contributed by atoms with Crippen molar-refractivity contribution in [1.29, 1.82) is 0 Å². The fraction of sp³-hybridized carbons (Fsp3) is 0.226. The third-order valence-corrected chi connectivity index (χ3v) is 10.2. The number of carbonyl (C=O) groups is 3. The van der Waals surface area contributed by atoms with Crippen molar-refractivity contribution < 1.29 is 23.9 Å². The molecule has 43 heavy (non-hydrogen) atoms. The number of imide groups is 1. The molecule has 1 saturated heterocycles. The van der Waals surface area contributed by atoms with Gasteiger partial charge in [0.05, 0.1) is 23.2 Å². The number of halogens is 1. The standard InChI is InChI=1S/C31H26BrN3O6S2/c1-3-40-22-14-17(6-13-21(22)41-15-23(36)33-19-9-4-16(2)5-10-19)24-25-27(42-28-26(24)43-31(39)34-28)30(38)35(29(25)37)20-11-7-18(32)8-12-20/h4-14,24-25,27H,3,15H2,1-2H3,(H,33,36)(H,34,39)/t24-,25?,27?/m1/s1. The molecule has 9 nitrogen and oxygen atoms in total. The quantitative estimate of drug-likeness (QED) is 0.229. The van der Waals surface area contributed by atoms with Crippen LogP contribution in [0.5, 0.6) is 11.5 Å². The maximum Gasteiger partial charge on any atom is 0.305 e. The Morgan fingerprint density at radius 2 is 1.72 bits per heavy atom. The van der Waals surface area contributed by atoms with Crippen LogP contribution in [-0.2, 0) is 14.4 Å². The molecule has 12 heteroatoms. The highest BCUT2D eigenvalue weighted by Crippen LogP contribution is 2.53. The predicted molar refractivity (Wildman–Crippen MR) is 169 cm³/mol. The molecule has 0 saturated carbocycles. The summed E-state index contributed by atoms with van der Waals surface area (Å²) in [5.74, 6) is -1.53. The number of carbonyl (C=O) groups excluding carboxylic acids is 3. The van der Waals surface area contributed by atoms with Crippen LogP contribution in [0, 0.1) is 12.8 Å². The SMILES string of the molecule is CCOc1cc([C@H]2c3sc(=O)[nH]c3SC3C(=O)N(c4ccc(Br)cc4)C(=O)C32)ccc1OCC(=O)Nc1ccc(C)cc1. The van der Waals surface area contributed by atoms with Crippen molar-refractivity contribution in [3.63, 3.8) is 0 Å². The van der Waals surface area contributed by atoms with Crippen molar-refractivity contribution in [3.8, 4) is 11.5 Å². The molecule has 6 rings (SSSR count). The third kappa shape index (κ3) is 5.74. The van der Waals surface area contributed by atoms with Gasteiger partial charge in [-0.3, -0.25) is 19.2 Å². The number of H-pyrrole nitrogens is 1. The lowest BCUT2D eigenvalue weighted by Gasteiger charge is -2.30. The van der Waals surface area contributed by atoms with Crippen LogP contribution >= 0.6 is 39.0 Å². The van der Waals surface area contributed by atoms with Crippen LogP contribution in [-0.4, -0.2) is 41.2 Å². The van der Waals surface area contributed by atoms with Crippen LogP contribution < -0.4 is 24.6 Å². The zero-order valence-corrected chi connectivity index (χ0v) is 26.3. The van der Waals surface area contributed by atoms with Crippen LogP contribution in [0.15, 0.2) is 81.0 Å². The van der Waals surface area contributed by atoms with Gasteiger partial charge in [0.25, 0.3) is 5.91 Å². The molecule has 220 valence electrons. The number of hydrogen-bond acceptors (Lipinski definition) is 8. The van der Waals surface area contributed by atoms with Gasteiger partial charge in [-0.15, -0.1) is 0 Å². The summed E-state index contributed by atoms with van der Waals surface area (Å²) in [6.07, 6.45) is 0. The van der Waals surface area contributed by atoms with Gasteiger partial charge in [-0.05, 0) is 67.9 Å². The molecule has 0 radical (unpaired) electrons. The fourth-order valence-electron chi connectivity index (χ4n) is 5.30. The molecule has 0 spiro atoms. The van der Waals surface area contributed by atoms with Crippen molar-refractivity contribution >= 4 is 68.1 Å². The van der Waals surface area contributed by atoms with Crippen LogP contribution in [0.1, 0.15) is 28.8 Å². The van der Waals surface area contributed by atoms with Gasteiger partial charge in [0.1, 0.15) is 5.25 Å². The van der Waals surface area contributed by atoms with Gasteiger partial charge in [-0.1, -0.05) is 62.8 Å². The number of thioether (sulfide) groups is 1. The van der Waals surface area contributed by atoms with E-state index in [1.54, 1.807) is 42.5 Å². The largest absolute Gasteiger partial charge is 0.490 e. The molecule has 3 atom stereocenters. The van der Waals surface area contributed by atoms with Crippen LogP contribution in [0.3, 0.4) is 0 Å². The fourth-order valence-corrected chi connectivity index (χ4v) is 8.08. The van der Waals surface area contributed by atoms with Crippen molar-refractivity contribution in [3.05, 3.63) is 96.9 Å². The molecule has 3 amide bonds. The number of ether oxygens (including phenoxy) is 2. The molecule has 1 fully saturated rings. The Morgan fingerprint density at radius 3 is 2.44 bits per heavy atom. The summed E-state index contributed by atoms with van der Waals surface area (Å²) in [6.45, 7) is 3.89. The Morgan fingerprint density at radius 1 is 0.977 bits per heavy atom. The molecule has 1 aromatic heterocycles. The minimum atomic E-state index is -0.735. The first-order valence-corrected chi connectivity index (χ1v) is 16.0. The number of nitrogens with one attached hydrogen (secondary N) is 2. The summed E-state index contributed by atoms with van der Waals surface area (Å²) < 4.78 is 12.6. The zero-order valence-electron chi connectivity index (χ0n) is 23.1. The number of fused-ring (bicyclic) bond motifs is 2. The van der Waals surface area contributed by atoms with E-state index in [2.05, 4.69) is 26.2 Å². The first-order chi connectivity index (χ1) is 20.7. The molecule has 3 heterocycles. The number of benzene rings is 3. The van der Waals surface area contributed by atoms with Gasteiger partial charge in [0.15, 0.2) is 18.1 Å². The van der Waals surface area contributed by atoms with Gasteiger partial charge in [0, 0.05) is 21.0 Å². The van der Waals surface area contributed by atoms with E-state index >= 15 is 0 Å². The topological polar surface area (TPSA) is 118 Å². The number of rotatable bonds is 8. The van der Waals surface area contributed by atoms with E-state index in [9.17, 15) is 19.2 Å². The highest BCUT2D eigenvalue weighted by atomic mass is 79.9. The molecule has 2 aliphatic rings. The van der Waals surface area contributed by atoms with Crippen molar-refractivity contribution in [2.24, 2.45) is 5.92 Å². The van der Waals surface area contributed by atoms with E-state index in [0.29, 0.717) is 44.9 Å². The van der Waals surface area contributed by atoms with Gasteiger partial charge < -0.3 is 19.8 Å². The number of aryl methyl sites for hydroxylation is 1. The first kappa shape index (κ1) is 29.2. The van der Waals surface area contributed by atoms with E-state index in [-0.39, 0.29) is 29.2 Å². The molecule has 2 N–H and O–H groups in total. The molecule has 0 bridgehead atoms. The van der Waals surface area contributed by atoms with Crippen molar-refractivity contribution in [1.82, 2.24) is 4.98 Å². The van der Waals surface area contributed by atoms with E-state index in [1.807, 2.05) is 38.1 Å². The van der Waals surface area contributed by atoms with Crippen LogP contribution in [0.4, 0.5) is 11.4 Å². The molecule has 2 unspecified atom stereocenters. The van der Waals surface area contributed by atoms with Gasteiger partial charge in [-0.25, -0.2) is 4.90 Å². The molecular weight excluding hydrogens is 654 g/mol. The number of anilines is 2. The van der Waals surface area contributed by atoms with E-state index in [0.717, 1.165) is 21.4 Å². The summed E-state index contributed by atoms with van der Waals surface area (Å²) >= 11 is 5.66. The van der Waals surface area contributed by atoms with Crippen LogP contribution in [0.2, 0.25) is 0 Å². The summed E-state index contributed by atoms with van der Waals surface area (Å²) in [6, 6.07) is 19.7. The first-order valence-electron chi connectivity index (χ1n) is 13.5. The van der Waals surface area contributed by atoms with Crippen LogP contribution in [0.25, 0.3) is 0 Å². The van der Waals surface area contributed by atoms with Gasteiger partial charge in [-0.2, -0.15) is 0 Å². The second-order valence-electron chi connectivity index (χ2n) is 10.1. The lowest BCUT2D eigenvalue weighted by atomic mass is 9.83. The summed E-state index contributed by atoms with van der Waals surface area (Å²) in [7, 11) is 0. The Labute approximate surface area is 263 Å². The molecule has 4 aromatic rings. The van der Waals surface area contributed by atoms with E-state index < -0.39 is 17.1 Å². The number of amides is 3. The maximum atomic E-state index is 14.0.